The second-order valence-corrected chi connectivity index (χ2v) is 5.38. The molecule has 2 aromatic carbocycles. The summed E-state index contributed by atoms with van der Waals surface area (Å²) >= 11 is 0. The topological polar surface area (TPSA) is 27.7 Å². The Hall–Kier alpha value is -2.00. The quantitative estimate of drug-likeness (QED) is 0.615. The largest absolute Gasteiger partial charge is 0.493 e. The Bertz CT molecular complexity index is 522. The Kier molecular flexibility index (Phi) is 6.78. The van der Waals surface area contributed by atoms with Gasteiger partial charge >= 0.3 is 0 Å². The molecule has 0 heterocycles. The van der Waals surface area contributed by atoms with E-state index in [9.17, 15) is 0 Å². The van der Waals surface area contributed by atoms with Crippen molar-refractivity contribution in [1.82, 2.24) is 0 Å². The van der Waals surface area contributed by atoms with Crippen LogP contribution in [-0.2, 0) is 4.74 Å². The maximum absolute atomic E-state index is 5.77. The predicted molar refractivity (Wildman–Crippen MR) is 88.7 cm³/mol. The molecule has 0 bridgehead atoms. The molecule has 0 aliphatic rings. The van der Waals surface area contributed by atoms with E-state index in [1.54, 1.807) is 0 Å². The summed E-state index contributed by atoms with van der Waals surface area (Å²) in [6.07, 6.45) is 1.05. The molecule has 1 unspecified atom stereocenters. The molecule has 0 fully saturated rings. The SMILES string of the molecule is CCCOCC(C)COc1ccc(Oc2ccccc2)cc1. The lowest BCUT2D eigenvalue weighted by atomic mass is 10.2. The fourth-order valence-corrected chi connectivity index (χ4v) is 1.94. The number of hydrogen-bond acceptors (Lipinski definition) is 3. The van der Waals surface area contributed by atoms with Gasteiger partial charge in [-0.1, -0.05) is 32.0 Å². The first-order chi connectivity index (χ1) is 10.8. The van der Waals surface area contributed by atoms with Crippen LogP contribution < -0.4 is 9.47 Å². The lowest BCUT2D eigenvalue weighted by Gasteiger charge is -2.13. The molecular formula is C19H24O3. The molecule has 0 saturated heterocycles. The minimum Gasteiger partial charge on any atom is -0.493 e. The summed E-state index contributed by atoms with van der Waals surface area (Å²) < 4.78 is 17.0. The normalized spacial score (nSPS) is 11.9. The zero-order valence-corrected chi connectivity index (χ0v) is 13.3. The molecule has 0 radical (unpaired) electrons. The Morgan fingerprint density at radius 3 is 2.14 bits per heavy atom. The summed E-state index contributed by atoms with van der Waals surface area (Å²) in [6, 6.07) is 17.4. The number of rotatable bonds is 9. The second-order valence-electron chi connectivity index (χ2n) is 5.38. The van der Waals surface area contributed by atoms with E-state index in [4.69, 9.17) is 14.2 Å². The van der Waals surface area contributed by atoms with Crippen LogP contribution in [0.4, 0.5) is 0 Å². The van der Waals surface area contributed by atoms with Crippen molar-refractivity contribution in [1.29, 1.82) is 0 Å². The summed E-state index contributed by atoms with van der Waals surface area (Å²) in [5.74, 6) is 2.87. The minimum absolute atomic E-state index is 0.381. The zero-order chi connectivity index (χ0) is 15.6. The molecule has 0 N–H and O–H groups in total. The summed E-state index contributed by atoms with van der Waals surface area (Å²) in [7, 11) is 0. The number of ether oxygens (including phenoxy) is 3. The number of para-hydroxylation sites is 1. The first kappa shape index (κ1) is 16.4. The molecule has 0 aromatic heterocycles. The van der Waals surface area contributed by atoms with Crippen molar-refractivity contribution in [3.63, 3.8) is 0 Å². The number of hydrogen-bond donors (Lipinski definition) is 0. The van der Waals surface area contributed by atoms with E-state index < -0.39 is 0 Å². The highest BCUT2D eigenvalue weighted by Gasteiger charge is 2.04. The van der Waals surface area contributed by atoms with Crippen molar-refractivity contribution < 1.29 is 14.2 Å². The predicted octanol–water partition coefficient (Wildman–Crippen LogP) is 4.92. The molecule has 0 amide bonds. The fraction of sp³-hybridized carbons (Fsp3) is 0.368. The van der Waals surface area contributed by atoms with Gasteiger partial charge in [-0.3, -0.25) is 0 Å². The number of benzene rings is 2. The van der Waals surface area contributed by atoms with Gasteiger partial charge in [0, 0.05) is 12.5 Å². The van der Waals surface area contributed by atoms with E-state index >= 15 is 0 Å². The first-order valence-electron chi connectivity index (χ1n) is 7.81. The van der Waals surface area contributed by atoms with Gasteiger partial charge in [0.1, 0.15) is 17.2 Å². The average molecular weight is 300 g/mol. The molecule has 3 heteroatoms. The van der Waals surface area contributed by atoms with Gasteiger partial charge in [0.05, 0.1) is 13.2 Å². The highest BCUT2D eigenvalue weighted by atomic mass is 16.5. The third-order valence-electron chi connectivity index (χ3n) is 3.09. The third kappa shape index (κ3) is 5.78. The van der Waals surface area contributed by atoms with Crippen LogP contribution in [0.2, 0.25) is 0 Å². The van der Waals surface area contributed by atoms with Crippen LogP contribution in [0.1, 0.15) is 20.3 Å². The van der Waals surface area contributed by atoms with Crippen molar-refractivity contribution in [2.75, 3.05) is 19.8 Å². The molecule has 0 spiro atoms. The van der Waals surface area contributed by atoms with Gasteiger partial charge in [0.2, 0.25) is 0 Å². The van der Waals surface area contributed by atoms with E-state index in [0.717, 1.165) is 36.9 Å². The molecule has 118 valence electrons. The van der Waals surface area contributed by atoms with Gasteiger partial charge in [-0.05, 0) is 42.8 Å². The van der Waals surface area contributed by atoms with E-state index in [-0.39, 0.29) is 0 Å². The van der Waals surface area contributed by atoms with Gasteiger partial charge in [-0.15, -0.1) is 0 Å². The van der Waals surface area contributed by atoms with Crippen LogP contribution in [-0.4, -0.2) is 19.8 Å². The smallest absolute Gasteiger partial charge is 0.127 e. The van der Waals surface area contributed by atoms with Crippen molar-refractivity contribution >= 4 is 0 Å². The van der Waals surface area contributed by atoms with Crippen LogP contribution in [0.3, 0.4) is 0 Å². The van der Waals surface area contributed by atoms with Crippen molar-refractivity contribution in [2.45, 2.75) is 20.3 Å². The van der Waals surface area contributed by atoms with Crippen molar-refractivity contribution in [3.8, 4) is 17.2 Å². The highest BCUT2D eigenvalue weighted by Crippen LogP contribution is 2.23. The molecule has 0 saturated carbocycles. The second kappa shape index (κ2) is 9.11. The summed E-state index contributed by atoms with van der Waals surface area (Å²) in [4.78, 5) is 0. The molecule has 2 rings (SSSR count). The summed E-state index contributed by atoms with van der Waals surface area (Å²) in [5, 5.41) is 0. The molecular weight excluding hydrogens is 276 g/mol. The van der Waals surface area contributed by atoms with Gasteiger partial charge in [0.15, 0.2) is 0 Å². The van der Waals surface area contributed by atoms with Crippen LogP contribution >= 0.6 is 0 Å². The van der Waals surface area contributed by atoms with Crippen molar-refractivity contribution in [2.24, 2.45) is 5.92 Å². The van der Waals surface area contributed by atoms with Gasteiger partial charge in [-0.25, -0.2) is 0 Å². The van der Waals surface area contributed by atoms with Crippen LogP contribution in [0.25, 0.3) is 0 Å². The van der Waals surface area contributed by atoms with E-state index in [1.807, 2.05) is 54.6 Å². The van der Waals surface area contributed by atoms with E-state index in [2.05, 4.69) is 13.8 Å². The molecule has 0 aliphatic heterocycles. The maximum Gasteiger partial charge on any atom is 0.127 e. The lowest BCUT2D eigenvalue weighted by molar-refractivity contribution is 0.0854. The third-order valence-corrected chi connectivity index (χ3v) is 3.09. The Labute approximate surface area is 132 Å². The van der Waals surface area contributed by atoms with E-state index in [0.29, 0.717) is 12.5 Å². The maximum atomic E-state index is 5.77. The van der Waals surface area contributed by atoms with Gasteiger partial charge in [0.25, 0.3) is 0 Å². The van der Waals surface area contributed by atoms with E-state index in [1.165, 1.54) is 0 Å². The fourth-order valence-electron chi connectivity index (χ4n) is 1.94. The Morgan fingerprint density at radius 2 is 1.45 bits per heavy atom. The molecule has 0 aliphatic carbocycles. The summed E-state index contributed by atoms with van der Waals surface area (Å²) in [5.41, 5.74) is 0. The van der Waals surface area contributed by atoms with Gasteiger partial charge < -0.3 is 14.2 Å². The molecule has 1 atom stereocenters. The summed E-state index contributed by atoms with van der Waals surface area (Å²) in [6.45, 7) is 6.45. The minimum atomic E-state index is 0.381. The standard InChI is InChI=1S/C19H24O3/c1-3-13-20-14-16(2)15-21-17-9-11-19(12-10-17)22-18-7-5-4-6-8-18/h4-12,16H,3,13-15H2,1-2H3. The first-order valence-corrected chi connectivity index (χ1v) is 7.81. The Balaban J connectivity index is 1.77. The Morgan fingerprint density at radius 1 is 0.818 bits per heavy atom. The molecule has 3 nitrogen and oxygen atoms in total. The average Bonchev–Trinajstić information content (AvgIpc) is 2.55. The monoisotopic (exact) mass is 300 g/mol. The lowest BCUT2D eigenvalue weighted by Crippen LogP contribution is -2.15. The zero-order valence-electron chi connectivity index (χ0n) is 13.3. The van der Waals surface area contributed by atoms with Crippen LogP contribution in [0, 0.1) is 5.92 Å². The highest BCUT2D eigenvalue weighted by molar-refractivity contribution is 5.35. The molecule has 2 aromatic rings. The van der Waals surface area contributed by atoms with Crippen LogP contribution in [0.15, 0.2) is 54.6 Å². The van der Waals surface area contributed by atoms with Crippen LogP contribution in [0.5, 0.6) is 17.2 Å². The molecule has 22 heavy (non-hydrogen) atoms. The van der Waals surface area contributed by atoms with Gasteiger partial charge in [-0.2, -0.15) is 0 Å². The van der Waals surface area contributed by atoms with Crippen molar-refractivity contribution in [3.05, 3.63) is 54.6 Å².